The van der Waals surface area contributed by atoms with Crippen molar-refractivity contribution in [2.45, 2.75) is 39.2 Å². The highest BCUT2D eigenvalue weighted by molar-refractivity contribution is 7.88. The van der Waals surface area contributed by atoms with Crippen LogP contribution in [0.1, 0.15) is 38.4 Å². The number of rotatable bonds is 4. The van der Waals surface area contributed by atoms with E-state index in [1.165, 1.54) is 6.26 Å². The molecule has 0 radical (unpaired) electrons. The molecule has 7 nitrogen and oxygen atoms in total. The largest absolute Gasteiger partial charge is 0.381 e. The van der Waals surface area contributed by atoms with E-state index < -0.39 is 10.0 Å². The van der Waals surface area contributed by atoms with Crippen LogP contribution in [-0.4, -0.2) is 60.0 Å². The highest BCUT2D eigenvalue weighted by Gasteiger charge is 2.51. The van der Waals surface area contributed by atoms with Crippen molar-refractivity contribution in [1.82, 2.24) is 19.1 Å². The van der Waals surface area contributed by atoms with Gasteiger partial charge in [0.05, 0.1) is 6.26 Å². The maximum Gasteiger partial charge on any atom is 0.211 e. The minimum atomic E-state index is -3.20. The molecule has 2 saturated heterocycles. The Kier molecular flexibility index (Phi) is 4.50. The summed E-state index contributed by atoms with van der Waals surface area (Å²) in [4.78, 5) is 0. The average Bonchev–Trinajstić information content (AvgIpc) is 3.03. The third-order valence-electron chi connectivity index (χ3n) is 5.09. The number of nitrogens with zero attached hydrogens (tertiary/aromatic N) is 4. The summed E-state index contributed by atoms with van der Waals surface area (Å²) in [5, 5.41) is 8.47. The van der Waals surface area contributed by atoms with Crippen molar-refractivity contribution < 1.29 is 13.2 Å². The topological polar surface area (TPSA) is 77.3 Å². The van der Waals surface area contributed by atoms with Crippen molar-refractivity contribution in [3.8, 4) is 0 Å². The molecule has 0 aliphatic carbocycles. The van der Waals surface area contributed by atoms with Crippen LogP contribution in [0.3, 0.4) is 0 Å². The Morgan fingerprint density at radius 3 is 2.70 bits per heavy atom. The Morgan fingerprint density at radius 2 is 2.09 bits per heavy atom. The first kappa shape index (κ1) is 16.9. The van der Waals surface area contributed by atoms with Crippen molar-refractivity contribution in [2.24, 2.45) is 11.3 Å². The molecule has 0 amide bonds. The molecule has 2 fully saturated rings. The molecule has 23 heavy (non-hydrogen) atoms. The number of ether oxygens (including phenoxy) is 1. The molecule has 8 heteroatoms. The lowest BCUT2D eigenvalue weighted by atomic mass is 9.71. The second-order valence-electron chi connectivity index (χ2n) is 7.32. The zero-order valence-electron chi connectivity index (χ0n) is 14.1. The van der Waals surface area contributed by atoms with Gasteiger partial charge in [-0.3, -0.25) is 0 Å². The van der Waals surface area contributed by atoms with Gasteiger partial charge in [-0.05, 0) is 24.2 Å². The summed E-state index contributed by atoms with van der Waals surface area (Å²) in [6.07, 6.45) is 4.81. The molecule has 0 N–H and O–H groups in total. The van der Waals surface area contributed by atoms with E-state index >= 15 is 0 Å². The van der Waals surface area contributed by atoms with Gasteiger partial charge in [-0.2, -0.15) is 0 Å². The molecule has 3 rings (SSSR count). The Morgan fingerprint density at radius 1 is 1.39 bits per heavy atom. The Balaban J connectivity index is 1.96. The Bertz CT molecular complexity index is 649. The maximum absolute atomic E-state index is 12.1. The predicted octanol–water partition coefficient (Wildman–Crippen LogP) is 1.09. The molecule has 1 unspecified atom stereocenters. The average molecular weight is 342 g/mol. The summed E-state index contributed by atoms with van der Waals surface area (Å²) in [6, 6.07) is 0. The molecule has 3 heterocycles. The van der Waals surface area contributed by atoms with Gasteiger partial charge < -0.3 is 9.30 Å². The van der Waals surface area contributed by atoms with Gasteiger partial charge in [0.1, 0.15) is 12.2 Å². The first-order valence-corrected chi connectivity index (χ1v) is 10.1. The van der Waals surface area contributed by atoms with Gasteiger partial charge in [0.25, 0.3) is 0 Å². The zero-order chi connectivity index (χ0) is 16.7. The van der Waals surface area contributed by atoms with Crippen LogP contribution >= 0.6 is 0 Å². The molecule has 130 valence electrons. The molecule has 1 spiro atoms. The first-order valence-electron chi connectivity index (χ1n) is 8.22. The summed E-state index contributed by atoms with van der Waals surface area (Å²) in [5.41, 5.74) is -0.0803. The normalized spacial score (nSPS) is 25.5. The fourth-order valence-corrected chi connectivity index (χ4v) is 4.80. The first-order chi connectivity index (χ1) is 10.8. The SMILES string of the molecule is CC(C)Cn1cnnc1C1CN(S(C)(=O)=O)CC12CCOCC2. The summed E-state index contributed by atoms with van der Waals surface area (Å²) >= 11 is 0. The molecule has 1 aromatic heterocycles. The lowest BCUT2D eigenvalue weighted by Gasteiger charge is -2.37. The van der Waals surface area contributed by atoms with Crippen LogP contribution in [0.4, 0.5) is 0 Å². The van der Waals surface area contributed by atoms with Crippen LogP contribution in [0, 0.1) is 11.3 Å². The minimum Gasteiger partial charge on any atom is -0.381 e. The van der Waals surface area contributed by atoms with E-state index in [1.807, 2.05) is 0 Å². The van der Waals surface area contributed by atoms with Gasteiger partial charge in [-0.15, -0.1) is 10.2 Å². The van der Waals surface area contributed by atoms with Crippen molar-refractivity contribution in [3.63, 3.8) is 0 Å². The summed E-state index contributed by atoms with van der Waals surface area (Å²) < 4.78 is 33.4. The highest BCUT2D eigenvalue weighted by atomic mass is 32.2. The van der Waals surface area contributed by atoms with E-state index in [4.69, 9.17) is 4.74 Å². The molecule has 0 saturated carbocycles. The quantitative estimate of drug-likeness (QED) is 0.818. The van der Waals surface area contributed by atoms with Crippen molar-refractivity contribution in [1.29, 1.82) is 0 Å². The van der Waals surface area contributed by atoms with Gasteiger partial charge in [-0.25, -0.2) is 12.7 Å². The molecule has 0 aromatic carbocycles. The number of sulfonamides is 1. The van der Waals surface area contributed by atoms with E-state index in [-0.39, 0.29) is 11.3 Å². The monoisotopic (exact) mass is 342 g/mol. The lowest BCUT2D eigenvalue weighted by molar-refractivity contribution is 0.0129. The van der Waals surface area contributed by atoms with Crippen LogP contribution in [0.2, 0.25) is 0 Å². The zero-order valence-corrected chi connectivity index (χ0v) is 14.9. The van der Waals surface area contributed by atoms with Crippen LogP contribution in [0.25, 0.3) is 0 Å². The fourth-order valence-electron chi connectivity index (χ4n) is 3.88. The molecule has 1 atom stereocenters. The fraction of sp³-hybridized carbons (Fsp3) is 0.867. The van der Waals surface area contributed by atoms with E-state index in [9.17, 15) is 8.42 Å². The second kappa shape index (κ2) is 6.14. The van der Waals surface area contributed by atoms with Crippen molar-refractivity contribution >= 4 is 10.0 Å². The van der Waals surface area contributed by atoms with Gasteiger partial charge >= 0.3 is 0 Å². The van der Waals surface area contributed by atoms with Gasteiger partial charge in [0, 0.05) is 38.8 Å². The predicted molar refractivity (Wildman–Crippen MR) is 86.5 cm³/mol. The van der Waals surface area contributed by atoms with E-state index in [0.717, 1.165) is 25.2 Å². The molecular weight excluding hydrogens is 316 g/mol. The second-order valence-corrected chi connectivity index (χ2v) is 9.30. The van der Waals surface area contributed by atoms with Crippen LogP contribution < -0.4 is 0 Å². The molecule has 2 aliphatic rings. The van der Waals surface area contributed by atoms with Crippen LogP contribution in [0.5, 0.6) is 0 Å². The van der Waals surface area contributed by atoms with E-state index in [2.05, 4.69) is 28.6 Å². The number of aromatic nitrogens is 3. The van der Waals surface area contributed by atoms with E-state index in [1.54, 1.807) is 10.6 Å². The smallest absolute Gasteiger partial charge is 0.211 e. The summed E-state index contributed by atoms with van der Waals surface area (Å²) in [7, 11) is -3.20. The summed E-state index contributed by atoms with van der Waals surface area (Å²) in [5.74, 6) is 1.50. The maximum atomic E-state index is 12.1. The van der Waals surface area contributed by atoms with Gasteiger partial charge in [0.15, 0.2) is 0 Å². The molecule has 0 bridgehead atoms. The van der Waals surface area contributed by atoms with E-state index in [0.29, 0.717) is 32.2 Å². The molecule has 2 aliphatic heterocycles. The third kappa shape index (κ3) is 3.29. The third-order valence-corrected chi connectivity index (χ3v) is 6.31. The lowest BCUT2D eigenvalue weighted by Crippen LogP contribution is -2.37. The molecule has 1 aromatic rings. The Labute approximate surface area is 138 Å². The Hall–Kier alpha value is -0.990. The van der Waals surface area contributed by atoms with Crippen LogP contribution in [0.15, 0.2) is 6.33 Å². The van der Waals surface area contributed by atoms with Crippen molar-refractivity contribution in [2.75, 3.05) is 32.6 Å². The minimum absolute atomic E-state index is 0.0803. The highest BCUT2D eigenvalue weighted by Crippen LogP contribution is 2.49. The van der Waals surface area contributed by atoms with Crippen LogP contribution in [-0.2, 0) is 21.3 Å². The summed E-state index contributed by atoms with van der Waals surface area (Å²) in [6.45, 7) is 7.60. The van der Waals surface area contributed by atoms with Gasteiger partial charge in [-0.1, -0.05) is 13.8 Å². The number of hydrogen-bond acceptors (Lipinski definition) is 5. The van der Waals surface area contributed by atoms with Gasteiger partial charge in [0.2, 0.25) is 10.0 Å². The number of hydrogen-bond donors (Lipinski definition) is 0. The van der Waals surface area contributed by atoms with Crippen molar-refractivity contribution in [3.05, 3.63) is 12.2 Å². The standard InChI is InChI=1S/C15H26N4O3S/c1-12(2)8-18-11-16-17-14(18)13-9-19(23(3,20)21)10-15(13)4-6-22-7-5-15/h11-13H,4-10H2,1-3H3. The molecular formula is C15H26N4O3S.